The molecule has 2 heteroatoms. The molecule has 2 nitrogen and oxygen atoms in total. The molecule has 7 aromatic carbocycles. The van der Waals surface area contributed by atoms with Crippen molar-refractivity contribution in [3.8, 4) is 22.3 Å². The van der Waals surface area contributed by atoms with Crippen LogP contribution in [-0.4, -0.2) is 0 Å². The van der Waals surface area contributed by atoms with Gasteiger partial charge in [-0.05, 0) is 166 Å². The largest absolute Gasteiger partial charge is 0.314 e. The summed E-state index contributed by atoms with van der Waals surface area (Å²) in [5.41, 5.74) is 23.2. The summed E-state index contributed by atoms with van der Waals surface area (Å²) in [7, 11) is 0. The molecule has 0 heterocycles. The molecule has 0 amide bonds. The molecule has 69 heavy (non-hydrogen) atoms. The van der Waals surface area contributed by atoms with Crippen LogP contribution in [0.1, 0.15) is 60.8 Å². The van der Waals surface area contributed by atoms with Crippen molar-refractivity contribution in [2.45, 2.75) is 43.9 Å². The van der Waals surface area contributed by atoms with Gasteiger partial charge in [-0.25, -0.2) is 0 Å². The molecule has 7 aromatic rings. The fourth-order valence-electron chi connectivity index (χ4n) is 12.5. The molecule has 1 spiro atoms. The topological polar surface area (TPSA) is 6.48 Å². The van der Waals surface area contributed by atoms with Crippen LogP contribution in [0.5, 0.6) is 0 Å². The Hall–Kier alpha value is -7.94. The lowest BCUT2D eigenvalue weighted by molar-refractivity contribution is 0.450. The zero-order valence-electron chi connectivity index (χ0n) is 38.9. The van der Waals surface area contributed by atoms with Gasteiger partial charge >= 0.3 is 0 Å². The van der Waals surface area contributed by atoms with E-state index in [2.05, 4.69) is 253 Å². The van der Waals surface area contributed by atoms with Crippen LogP contribution in [0, 0.1) is 11.8 Å². The number of hydrogen-bond donors (Lipinski definition) is 0. The monoisotopic (exact) mass is 886 g/mol. The van der Waals surface area contributed by atoms with E-state index in [0.29, 0.717) is 5.92 Å². The number of hydrogen-bond acceptors (Lipinski definition) is 2. The molecule has 1 saturated carbocycles. The highest BCUT2D eigenvalue weighted by atomic mass is 15.2. The Morgan fingerprint density at radius 3 is 1.72 bits per heavy atom. The molecule has 332 valence electrons. The average molecular weight is 887 g/mol. The summed E-state index contributed by atoms with van der Waals surface area (Å²) in [6, 6.07) is 65.6. The second-order valence-electron chi connectivity index (χ2n) is 19.3. The van der Waals surface area contributed by atoms with Crippen LogP contribution in [0.4, 0.5) is 28.4 Å². The van der Waals surface area contributed by atoms with E-state index < -0.39 is 0 Å². The maximum absolute atomic E-state index is 2.62. The van der Waals surface area contributed by atoms with Crippen molar-refractivity contribution in [1.29, 1.82) is 0 Å². The van der Waals surface area contributed by atoms with Crippen molar-refractivity contribution < 1.29 is 0 Å². The number of nitrogens with zero attached hydrogens (tertiary/aromatic N) is 2. The van der Waals surface area contributed by atoms with Crippen molar-refractivity contribution in [3.05, 3.63) is 282 Å². The Labute approximate surface area is 407 Å². The van der Waals surface area contributed by atoms with Crippen LogP contribution in [0.3, 0.4) is 0 Å². The van der Waals surface area contributed by atoms with Crippen molar-refractivity contribution in [1.82, 2.24) is 0 Å². The zero-order chi connectivity index (χ0) is 45.7. The minimum absolute atomic E-state index is 0.273. The quantitative estimate of drug-likeness (QED) is 0.142. The van der Waals surface area contributed by atoms with Crippen LogP contribution < -0.4 is 9.80 Å². The standard InChI is InChI=1S/C67H54N2/c1-4-17-47(18-5-1)50-31-37-53(38-32-50)68(54-39-33-51(34-40-54)48-19-6-2-7-20-48)55-43-45-57(46-44-55)69(56-41-35-52(36-42-56)49-21-8-3-9-22-49)65-30-16-26-61-60-25-12-15-29-64(60)67(66(61)65)62-27-13-10-23-58(62)59-24-11-14-28-63(59)67/h1-6,8-10,12-13,15-19,21-35,37-41,43-46,58,62H,7,11,14,20,36,42H2. The van der Waals surface area contributed by atoms with Crippen LogP contribution in [0.15, 0.2) is 260 Å². The Kier molecular flexibility index (Phi) is 10.3. The van der Waals surface area contributed by atoms with E-state index in [-0.39, 0.29) is 11.3 Å². The fourth-order valence-corrected chi connectivity index (χ4v) is 12.5. The fraction of sp³-hybridized carbons (Fsp3) is 0.134. The van der Waals surface area contributed by atoms with E-state index in [4.69, 9.17) is 0 Å². The first-order chi connectivity index (χ1) is 34.2. The van der Waals surface area contributed by atoms with E-state index in [9.17, 15) is 0 Å². The van der Waals surface area contributed by atoms with E-state index in [1.54, 1.807) is 0 Å². The van der Waals surface area contributed by atoms with Gasteiger partial charge in [0, 0.05) is 40.3 Å². The number of allylic oxidation sites excluding steroid dienone is 16. The minimum atomic E-state index is -0.321. The molecule has 0 radical (unpaired) electrons. The van der Waals surface area contributed by atoms with E-state index in [1.807, 2.05) is 0 Å². The summed E-state index contributed by atoms with van der Waals surface area (Å²) in [6.45, 7) is 0. The number of anilines is 5. The van der Waals surface area contributed by atoms with Gasteiger partial charge < -0.3 is 9.80 Å². The predicted octanol–water partition coefficient (Wildman–Crippen LogP) is 17.7. The number of rotatable bonds is 9. The van der Waals surface area contributed by atoms with E-state index >= 15 is 0 Å². The summed E-state index contributed by atoms with van der Waals surface area (Å²) in [5, 5.41) is 0. The van der Waals surface area contributed by atoms with Crippen LogP contribution >= 0.6 is 0 Å². The second kappa shape index (κ2) is 17.3. The highest BCUT2D eigenvalue weighted by molar-refractivity contribution is 5.94. The molecule has 3 unspecified atom stereocenters. The maximum Gasteiger partial charge on any atom is 0.0555 e. The summed E-state index contributed by atoms with van der Waals surface area (Å²) >= 11 is 0. The smallest absolute Gasteiger partial charge is 0.0555 e. The Morgan fingerprint density at radius 1 is 0.420 bits per heavy atom. The summed E-state index contributed by atoms with van der Waals surface area (Å²) in [6.07, 6.45) is 32.4. The molecule has 0 aromatic heterocycles. The summed E-state index contributed by atoms with van der Waals surface area (Å²) in [4.78, 5) is 5.03. The predicted molar refractivity (Wildman–Crippen MR) is 290 cm³/mol. The highest BCUT2D eigenvalue weighted by Crippen LogP contribution is 2.68. The number of fused-ring (bicyclic) bond motifs is 10. The van der Waals surface area contributed by atoms with Gasteiger partial charge in [-0.15, -0.1) is 0 Å². The van der Waals surface area contributed by atoms with Crippen molar-refractivity contribution in [2.24, 2.45) is 11.8 Å². The maximum atomic E-state index is 2.62. The molecule has 6 aliphatic rings. The first-order valence-corrected chi connectivity index (χ1v) is 25.0. The molecular weight excluding hydrogens is 833 g/mol. The van der Waals surface area contributed by atoms with Gasteiger partial charge in [0.15, 0.2) is 0 Å². The molecule has 6 aliphatic carbocycles. The minimum Gasteiger partial charge on any atom is -0.314 e. The molecule has 1 fully saturated rings. The lowest BCUT2D eigenvalue weighted by Gasteiger charge is -2.40. The Morgan fingerprint density at radius 2 is 1.01 bits per heavy atom. The van der Waals surface area contributed by atoms with Gasteiger partial charge in [0.2, 0.25) is 0 Å². The molecule has 0 bridgehead atoms. The third-order valence-corrected chi connectivity index (χ3v) is 15.6. The van der Waals surface area contributed by atoms with Gasteiger partial charge in [0.25, 0.3) is 0 Å². The average Bonchev–Trinajstić information content (AvgIpc) is 3.91. The third kappa shape index (κ3) is 6.92. The Bertz CT molecular complexity index is 3360. The molecule has 13 rings (SSSR count). The van der Waals surface area contributed by atoms with Crippen LogP contribution in [0.25, 0.3) is 33.4 Å². The zero-order valence-corrected chi connectivity index (χ0v) is 38.9. The first-order valence-electron chi connectivity index (χ1n) is 25.0. The molecule has 0 aliphatic heterocycles. The highest BCUT2D eigenvalue weighted by Gasteiger charge is 2.60. The summed E-state index contributed by atoms with van der Waals surface area (Å²) in [5.74, 6) is 0.611. The van der Waals surface area contributed by atoms with Gasteiger partial charge in [-0.1, -0.05) is 182 Å². The van der Waals surface area contributed by atoms with Crippen LogP contribution in [0.2, 0.25) is 0 Å². The molecule has 0 saturated heterocycles. The number of benzene rings is 7. The van der Waals surface area contributed by atoms with Crippen molar-refractivity contribution >= 4 is 39.6 Å². The normalized spacial score (nSPS) is 20.4. The lowest BCUT2D eigenvalue weighted by Crippen LogP contribution is -2.35. The third-order valence-electron chi connectivity index (χ3n) is 15.6. The van der Waals surface area contributed by atoms with Gasteiger partial charge in [-0.3, -0.25) is 0 Å². The SMILES string of the molecule is C1=CCCC(c2ccc(N(c3ccc(-c4ccccc4)cc3)c3ccc(N(C4=CC=C(c5ccccc5)CC4)c4cccc5c4C4(C6=CCCC=C6C6C=CC=CC64)c4ccccc4-5)cc3)cc2)=C1. The second-order valence-corrected chi connectivity index (χ2v) is 19.3. The molecule has 0 N–H and O–H groups in total. The molecular formula is C67H54N2. The first kappa shape index (κ1) is 41.3. The van der Waals surface area contributed by atoms with Gasteiger partial charge in [0.1, 0.15) is 0 Å². The molecule has 3 atom stereocenters. The lowest BCUT2D eigenvalue weighted by atomic mass is 9.65. The van der Waals surface area contributed by atoms with E-state index in [0.717, 1.165) is 61.3 Å². The van der Waals surface area contributed by atoms with Crippen molar-refractivity contribution in [3.63, 3.8) is 0 Å². The Balaban J connectivity index is 0.971. The van der Waals surface area contributed by atoms with Crippen LogP contribution in [-0.2, 0) is 5.41 Å². The summed E-state index contributed by atoms with van der Waals surface area (Å²) < 4.78 is 0. The van der Waals surface area contributed by atoms with Crippen molar-refractivity contribution in [2.75, 3.05) is 9.80 Å². The van der Waals surface area contributed by atoms with E-state index in [1.165, 1.54) is 78.2 Å². The van der Waals surface area contributed by atoms with Gasteiger partial charge in [-0.2, -0.15) is 0 Å². The van der Waals surface area contributed by atoms with Gasteiger partial charge in [0.05, 0.1) is 11.1 Å².